The molecule has 1 heterocycles. The van der Waals surface area contributed by atoms with Crippen LogP contribution in [0.2, 0.25) is 0 Å². The van der Waals surface area contributed by atoms with Crippen molar-refractivity contribution < 1.29 is 9.84 Å². The topological polar surface area (TPSA) is 47.3 Å². The van der Waals surface area contributed by atoms with Crippen LogP contribution in [0, 0.1) is 6.92 Å². The van der Waals surface area contributed by atoms with Crippen molar-refractivity contribution in [1.82, 2.24) is 9.78 Å². The molecule has 0 aliphatic carbocycles. The van der Waals surface area contributed by atoms with Crippen LogP contribution in [0.5, 0.6) is 5.75 Å². The highest BCUT2D eigenvalue weighted by atomic mass is 16.5. The molecule has 0 aliphatic heterocycles. The first-order valence-corrected chi connectivity index (χ1v) is 5.06. The second kappa shape index (κ2) is 4.37. The van der Waals surface area contributed by atoms with E-state index in [2.05, 4.69) is 5.10 Å². The van der Waals surface area contributed by atoms with Crippen molar-refractivity contribution in [2.75, 3.05) is 7.11 Å². The van der Waals surface area contributed by atoms with Gasteiger partial charge in [-0.3, -0.25) is 0 Å². The summed E-state index contributed by atoms with van der Waals surface area (Å²) in [5, 5.41) is 13.3. The Bertz CT molecular complexity index is 492. The van der Waals surface area contributed by atoms with Crippen LogP contribution in [0.4, 0.5) is 0 Å². The maximum Gasteiger partial charge on any atom is 0.144 e. The lowest BCUT2D eigenvalue weighted by Crippen LogP contribution is -2.02. The minimum Gasteiger partial charge on any atom is -0.494 e. The molecular weight excluding hydrogens is 204 g/mol. The number of benzene rings is 1. The fraction of sp³-hybridized carbons (Fsp3) is 0.250. The van der Waals surface area contributed by atoms with Crippen LogP contribution < -0.4 is 4.74 Å². The number of hydrogen-bond acceptors (Lipinski definition) is 3. The lowest BCUT2D eigenvalue weighted by Gasteiger charge is -2.09. The first-order valence-electron chi connectivity index (χ1n) is 5.06. The van der Waals surface area contributed by atoms with Crippen LogP contribution in [0.1, 0.15) is 11.4 Å². The summed E-state index contributed by atoms with van der Waals surface area (Å²) in [6.07, 6.45) is 0. The second-order valence-corrected chi connectivity index (χ2v) is 3.52. The number of hydrogen-bond donors (Lipinski definition) is 1. The van der Waals surface area contributed by atoms with Gasteiger partial charge in [-0.1, -0.05) is 12.1 Å². The molecule has 2 aromatic rings. The molecule has 84 valence electrons. The van der Waals surface area contributed by atoms with E-state index >= 15 is 0 Å². The molecule has 0 saturated carbocycles. The fourth-order valence-corrected chi connectivity index (χ4v) is 1.66. The lowest BCUT2D eigenvalue weighted by atomic mass is 10.3. The zero-order valence-corrected chi connectivity index (χ0v) is 9.34. The summed E-state index contributed by atoms with van der Waals surface area (Å²) in [6.45, 7) is 1.89. The maximum atomic E-state index is 9.04. The molecule has 2 rings (SSSR count). The van der Waals surface area contributed by atoms with Crippen molar-refractivity contribution >= 4 is 0 Å². The van der Waals surface area contributed by atoms with Crippen LogP contribution in [-0.2, 0) is 6.61 Å². The van der Waals surface area contributed by atoms with Crippen LogP contribution in [-0.4, -0.2) is 22.0 Å². The first-order chi connectivity index (χ1) is 7.76. The lowest BCUT2D eigenvalue weighted by molar-refractivity contribution is 0.276. The third kappa shape index (κ3) is 1.79. The molecule has 1 aromatic carbocycles. The van der Waals surface area contributed by atoms with Gasteiger partial charge in [0.25, 0.3) is 0 Å². The highest BCUT2D eigenvalue weighted by Gasteiger charge is 2.09. The molecule has 0 radical (unpaired) electrons. The van der Waals surface area contributed by atoms with Gasteiger partial charge >= 0.3 is 0 Å². The summed E-state index contributed by atoms with van der Waals surface area (Å²) in [4.78, 5) is 0. The number of aromatic nitrogens is 2. The van der Waals surface area contributed by atoms with Gasteiger partial charge in [0.15, 0.2) is 0 Å². The first kappa shape index (κ1) is 10.7. The quantitative estimate of drug-likeness (QED) is 0.852. The van der Waals surface area contributed by atoms with E-state index in [9.17, 15) is 0 Å². The Hall–Kier alpha value is -1.81. The van der Waals surface area contributed by atoms with Gasteiger partial charge in [0.1, 0.15) is 11.4 Å². The summed E-state index contributed by atoms with van der Waals surface area (Å²) in [5.41, 5.74) is 2.50. The maximum absolute atomic E-state index is 9.04. The van der Waals surface area contributed by atoms with Gasteiger partial charge in [-0.25, -0.2) is 4.68 Å². The SMILES string of the molecule is COc1ccccc1-n1nc(CO)cc1C. The third-order valence-corrected chi connectivity index (χ3v) is 2.41. The number of methoxy groups -OCH3 is 1. The monoisotopic (exact) mass is 218 g/mol. The molecule has 1 N–H and O–H groups in total. The molecule has 0 atom stereocenters. The number of ether oxygens (including phenoxy) is 1. The molecule has 4 heteroatoms. The molecule has 0 bridgehead atoms. The third-order valence-electron chi connectivity index (χ3n) is 2.41. The molecule has 4 nitrogen and oxygen atoms in total. The Morgan fingerprint density at radius 3 is 2.75 bits per heavy atom. The number of rotatable bonds is 3. The van der Waals surface area contributed by atoms with E-state index in [-0.39, 0.29) is 6.61 Å². The Morgan fingerprint density at radius 1 is 1.38 bits per heavy atom. The molecule has 16 heavy (non-hydrogen) atoms. The van der Waals surface area contributed by atoms with Gasteiger partial charge in [-0.15, -0.1) is 0 Å². The van der Waals surface area contributed by atoms with Gasteiger partial charge < -0.3 is 9.84 Å². The number of nitrogens with zero attached hydrogens (tertiary/aromatic N) is 2. The standard InChI is InChI=1S/C12H14N2O2/c1-9-7-10(8-15)13-14(9)11-5-3-4-6-12(11)16-2/h3-7,15H,8H2,1-2H3. The van der Waals surface area contributed by atoms with E-state index in [0.29, 0.717) is 5.69 Å². The number of aliphatic hydroxyl groups is 1. The highest BCUT2D eigenvalue weighted by molar-refractivity contribution is 5.47. The molecule has 0 unspecified atom stereocenters. The van der Waals surface area contributed by atoms with Crippen LogP contribution >= 0.6 is 0 Å². The number of para-hydroxylation sites is 2. The molecule has 0 spiro atoms. The Labute approximate surface area is 94.1 Å². The van der Waals surface area contributed by atoms with E-state index in [1.54, 1.807) is 11.8 Å². The molecule has 0 aliphatic rings. The molecular formula is C12H14N2O2. The summed E-state index contributed by atoms with van der Waals surface area (Å²) in [6, 6.07) is 9.51. The van der Waals surface area contributed by atoms with Gasteiger partial charge in [0.05, 0.1) is 19.4 Å². The predicted octanol–water partition coefficient (Wildman–Crippen LogP) is 1.68. The van der Waals surface area contributed by atoms with Gasteiger partial charge in [-0.05, 0) is 25.1 Å². The number of aryl methyl sites for hydroxylation is 1. The van der Waals surface area contributed by atoms with Gasteiger partial charge in [-0.2, -0.15) is 5.10 Å². The van der Waals surface area contributed by atoms with Crippen molar-refractivity contribution in [2.24, 2.45) is 0 Å². The van der Waals surface area contributed by atoms with Crippen LogP contribution in [0.15, 0.2) is 30.3 Å². The minimum atomic E-state index is -0.0526. The fourth-order valence-electron chi connectivity index (χ4n) is 1.66. The molecule has 0 fully saturated rings. The van der Waals surface area contributed by atoms with E-state index in [4.69, 9.17) is 9.84 Å². The largest absolute Gasteiger partial charge is 0.494 e. The average Bonchev–Trinajstić information content (AvgIpc) is 2.70. The summed E-state index contributed by atoms with van der Waals surface area (Å²) >= 11 is 0. The van der Waals surface area contributed by atoms with Crippen molar-refractivity contribution in [3.63, 3.8) is 0 Å². The molecule has 0 amide bonds. The second-order valence-electron chi connectivity index (χ2n) is 3.52. The summed E-state index contributed by atoms with van der Waals surface area (Å²) in [7, 11) is 1.63. The smallest absolute Gasteiger partial charge is 0.144 e. The van der Waals surface area contributed by atoms with Crippen molar-refractivity contribution in [1.29, 1.82) is 0 Å². The van der Waals surface area contributed by atoms with E-state index < -0.39 is 0 Å². The minimum absolute atomic E-state index is 0.0526. The summed E-state index contributed by atoms with van der Waals surface area (Å²) < 4.78 is 7.04. The predicted molar refractivity (Wildman–Crippen MR) is 60.8 cm³/mol. The van der Waals surface area contributed by atoms with Crippen molar-refractivity contribution in [3.8, 4) is 11.4 Å². The zero-order chi connectivity index (χ0) is 11.5. The van der Waals surface area contributed by atoms with Crippen molar-refractivity contribution in [2.45, 2.75) is 13.5 Å². The van der Waals surface area contributed by atoms with Crippen LogP contribution in [0.25, 0.3) is 5.69 Å². The Kier molecular flexibility index (Phi) is 2.92. The highest BCUT2D eigenvalue weighted by Crippen LogP contribution is 2.23. The Morgan fingerprint density at radius 2 is 2.12 bits per heavy atom. The van der Waals surface area contributed by atoms with Crippen molar-refractivity contribution in [3.05, 3.63) is 41.7 Å². The molecule has 1 aromatic heterocycles. The van der Waals surface area contributed by atoms with E-state index in [1.807, 2.05) is 37.3 Å². The van der Waals surface area contributed by atoms with Gasteiger partial charge in [0.2, 0.25) is 0 Å². The van der Waals surface area contributed by atoms with E-state index in [1.165, 1.54) is 0 Å². The van der Waals surface area contributed by atoms with Crippen LogP contribution in [0.3, 0.4) is 0 Å². The van der Waals surface area contributed by atoms with E-state index in [0.717, 1.165) is 17.1 Å². The Balaban J connectivity index is 2.53. The zero-order valence-electron chi connectivity index (χ0n) is 9.34. The molecule has 0 saturated heterocycles. The van der Waals surface area contributed by atoms with Gasteiger partial charge in [0, 0.05) is 5.69 Å². The average molecular weight is 218 g/mol. The summed E-state index contributed by atoms with van der Waals surface area (Å²) in [5.74, 6) is 0.762. The number of aliphatic hydroxyl groups excluding tert-OH is 1. The normalized spacial score (nSPS) is 10.4.